The molecule has 0 atom stereocenters. The molecule has 2 rings (SSSR count). The molecule has 2 N–H and O–H groups in total. The number of carboxylic acids is 1. The van der Waals surface area contributed by atoms with E-state index in [1.54, 1.807) is 12.1 Å². The van der Waals surface area contributed by atoms with Gasteiger partial charge in [0.1, 0.15) is 11.3 Å². The topological polar surface area (TPSA) is 82.2 Å². The number of hydrogen-bond donors (Lipinski definition) is 2. The number of aromatic carboxylic acids is 1. The minimum Gasteiger partial charge on any atom is -1.00 e. The van der Waals surface area contributed by atoms with Crippen molar-refractivity contribution >= 4 is 17.3 Å². The van der Waals surface area contributed by atoms with Crippen molar-refractivity contribution in [2.75, 3.05) is 0 Å². The summed E-state index contributed by atoms with van der Waals surface area (Å²) in [6, 6.07) is 13.1. The number of carboxylic acid groups (broad SMARTS) is 1. The van der Waals surface area contributed by atoms with Crippen molar-refractivity contribution in [3.63, 3.8) is 0 Å². The van der Waals surface area contributed by atoms with Crippen LogP contribution in [0.5, 0.6) is 5.75 Å². The Hall–Kier alpha value is -0.690. The van der Waals surface area contributed by atoms with Crippen molar-refractivity contribution in [1.82, 2.24) is 0 Å². The van der Waals surface area contributed by atoms with Gasteiger partial charge in [0.25, 0.3) is 0 Å². The standard InChI is InChI=1S/C13H10N2O3.2Na.2H/c16-12-7-6-10(8-11(12)13(17)18)15-14-9-4-2-1-3-5-9;;;;/h1-8,16H,(H,17,18);;;;/q;2*+1;2*-1. The molecule has 2 aromatic carbocycles. The molecule has 0 saturated heterocycles. The molecule has 0 aliphatic carbocycles. The monoisotopic (exact) mass is 290 g/mol. The van der Waals surface area contributed by atoms with E-state index in [-0.39, 0.29) is 73.3 Å². The Bertz CT molecular complexity index is 613. The molecule has 94 valence electrons. The molecule has 0 aromatic heterocycles. The summed E-state index contributed by atoms with van der Waals surface area (Å²) in [5.41, 5.74) is 0.844. The predicted octanol–water partition coefficient (Wildman–Crippen LogP) is -2.26. The molecule has 0 bridgehead atoms. The zero-order chi connectivity index (χ0) is 13.0. The van der Waals surface area contributed by atoms with Gasteiger partial charge in [-0.2, -0.15) is 10.2 Å². The van der Waals surface area contributed by atoms with E-state index in [2.05, 4.69) is 10.2 Å². The number of nitrogens with zero attached hydrogens (tertiary/aromatic N) is 2. The zero-order valence-corrected chi connectivity index (χ0v) is 15.3. The molecular formula is C13H12N2Na2O3. The van der Waals surface area contributed by atoms with Crippen LogP contribution in [-0.2, 0) is 0 Å². The molecule has 0 aliphatic rings. The van der Waals surface area contributed by atoms with Crippen LogP contribution in [0, 0.1) is 0 Å². The van der Waals surface area contributed by atoms with Crippen LogP contribution < -0.4 is 59.1 Å². The molecule has 7 heteroatoms. The Balaban J connectivity index is -0.000000902. The maximum Gasteiger partial charge on any atom is 1.00 e. The maximum absolute atomic E-state index is 10.8. The average Bonchev–Trinajstić information content (AvgIpc) is 2.38. The Morgan fingerprint density at radius 2 is 1.55 bits per heavy atom. The summed E-state index contributed by atoms with van der Waals surface area (Å²) >= 11 is 0. The van der Waals surface area contributed by atoms with Gasteiger partial charge in [-0.1, -0.05) is 18.2 Å². The molecule has 0 fully saturated rings. The summed E-state index contributed by atoms with van der Waals surface area (Å²) in [4.78, 5) is 10.8. The van der Waals surface area contributed by atoms with Gasteiger partial charge in [-0.05, 0) is 30.3 Å². The minimum atomic E-state index is -1.20. The number of azo groups is 1. The quantitative estimate of drug-likeness (QED) is 0.494. The Morgan fingerprint density at radius 1 is 0.950 bits per heavy atom. The van der Waals surface area contributed by atoms with Crippen molar-refractivity contribution in [2.24, 2.45) is 10.2 Å². The van der Waals surface area contributed by atoms with Crippen LogP contribution in [0.2, 0.25) is 0 Å². The molecule has 0 unspecified atom stereocenters. The van der Waals surface area contributed by atoms with Crippen LogP contribution in [0.15, 0.2) is 58.8 Å². The van der Waals surface area contributed by atoms with Gasteiger partial charge >= 0.3 is 65.1 Å². The van der Waals surface area contributed by atoms with E-state index in [0.29, 0.717) is 11.4 Å². The number of carbonyl (C=O) groups is 1. The zero-order valence-electron chi connectivity index (χ0n) is 13.3. The molecule has 0 aliphatic heterocycles. The van der Waals surface area contributed by atoms with Gasteiger partial charge in [0.05, 0.1) is 11.4 Å². The fraction of sp³-hybridized carbons (Fsp3) is 0. The summed E-state index contributed by atoms with van der Waals surface area (Å²) < 4.78 is 0. The van der Waals surface area contributed by atoms with E-state index in [4.69, 9.17) is 5.11 Å². The average molecular weight is 290 g/mol. The second kappa shape index (κ2) is 9.28. The molecule has 2 aromatic rings. The van der Waals surface area contributed by atoms with Crippen molar-refractivity contribution in [3.05, 3.63) is 54.1 Å². The first-order valence-electron chi connectivity index (χ1n) is 5.20. The second-order valence-corrected chi connectivity index (χ2v) is 3.54. The smallest absolute Gasteiger partial charge is 1.00 e. The molecule has 5 nitrogen and oxygen atoms in total. The van der Waals surface area contributed by atoms with Crippen molar-refractivity contribution in [2.45, 2.75) is 0 Å². The van der Waals surface area contributed by atoms with E-state index < -0.39 is 5.97 Å². The van der Waals surface area contributed by atoms with Gasteiger partial charge in [0, 0.05) is 0 Å². The number of rotatable bonds is 3. The SMILES string of the molecule is O=C(O)c1cc(N=Nc2ccccc2)ccc1O.[H-].[H-].[Na+].[Na+]. The summed E-state index contributed by atoms with van der Waals surface area (Å²) in [5.74, 6) is -1.49. The largest absolute Gasteiger partial charge is 1.00 e. The van der Waals surface area contributed by atoms with Crippen LogP contribution >= 0.6 is 0 Å². The van der Waals surface area contributed by atoms with Gasteiger partial charge in [-0.25, -0.2) is 4.79 Å². The third-order valence-electron chi connectivity index (χ3n) is 2.25. The number of hydrogen-bond acceptors (Lipinski definition) is 4. The van der Waals surface area contributed by atoms with E-state index >= 15 is 0 Å². The Labute approximate surface area is 163 Å². The molecule has 0 radical (unpaired) electrons. The number of benzene rings is 2. The Kier molecular flexibility index (Phi) is 8.96. The molecule has 0 spiro atoms. The summed E-state index contributed by atoms with van der Waals surface area (Å²) in [6.07, 6.45) is 0. The van der Waals surface area contributed by atoms with Crippen LogP contribution in [0.3, 0.4) is 0 Å². The Morgan fingerprint density at radius 3 is 2.15 bits per heavy atom. The van der Waals surface area contributed by atoms with Gasteiger partial charge in [-0.15, -0.1) is 0 Å². The van der Waals surface area contributed by atoms with E-state index in [9.17, 15) is 9.90 Å². The van der Waals surface area contributed by atoms with Crippen LogP contribution in [0.1, 0.15) is 13.2 Å². The third kappa shape index (κ3) is 5.36. The number of aromatic hydroxyl groups is 1. The fourth-order valence-corrected chi connectivity index (χ4v) is 1.37. The van der Waals surface area contributed by atoms with Gasteiger partial charge in [-0.3, -0.25) is 0 Å². The molecule has 0 amide bonds. The first-order valence-corrected chi connectivity index (χ1v) is 5.20. The van der Waals surface area contributed by atoms with Crippen LogP contribution in [0.4, 0.5) is 11.4 Å². The first-order chi connectivity index (χ1) is 8.66. The van der Waals surface area contributed by atoms with Crippen molar-refractivity contribution < 1.29 is 77.0 Å². The third-order valence-corrected chi connectivity index (χ3v) is 2.25. The van der Waals surface area contributed by atoms with Gasteiger partial charge < -0.3 is 13.1 Å². The molecule has 0 saturated carbocycles. The normalized spacial score (nSPS) is 9.60. The maximum atomic E-state index is 10.8. The molecular weight excluding hydrogens is 278 g/mol. The minimum absolute atomic E-state index is 0. The molecule has 0 heterocycles. The van der Waals surface area contributed by atoms with Crippen molar-refractivity contribution in [3.8, 4) is 5.75 Å². The number of phenols is 1. The second-order valence-electron chi connectivity index (χ2n) is 3.54. The van der Waals surface area contributed by atoms with E-state index in [1.807, 2.05) is 18.2 Å². The van der Waals surface area contributed by atoms with E-state index in [1.165, 1.54) is 18.2 Å². The summed E-state index contributed by atoms with van der Waals surface area (Å²) in [6.45, 7) is 0. The van der Waals surface area contributed by atoms with Gasteiger partial charge in [0.2, 0.25) is 0 Å². The van der Waals surface area contributed by atoms with Crippen LogP contribution in [-0.4, -0.2) is 16.2 Å². The first kappa shape index (κ1) is 19.3. The summed E-state index contributed by atoms with van der Waals surface area (Å²) in [7, 11) is 0. The fourth-order valence-electron chi connectivity index (χ4n) is 1.37. The van der Waals surface area contributed by atoms with Crippen LogP contribution in [0.25, 0.3) is 0 Å². The predicted molar refractivity (Wildman–Crippen MR) is 67.9 cm³/mol. The van der Waals surface area contributed by atoms with Crippen molar-refractivity contribution in [1.29, 1.82) is 0 Å². The summed E-state index contributed by atoms with van der Waals surface area (Å²) in [5, 5.41) is 26.0. The molecule has 20 heavy (non-hydrogen) atoms. The van der Waals surface area contributed by atoms with Gasteiger partial charge in [0.15, 0.2) is 0 Å². The van der Waals surface area contributed by atoms with E-state index in [0.717, 1.165) is 0 Å².